The highest BCUT2D eigenvalue weighted by Crippen LogP contribution is 2.49. The summed E-state index contributed by atoms with van der Waals surface area (Å²) in [6.45, 7) is 3.23. The zero-order chi connectivity index (χ0) is 20.8. The van der Waals surface area contributed by atoms with Crippen LogP contribution in [0.25, 0.3) is 0 Å². The number of methoxy groups -OCH3 is 1. The number of aryl methyl sites for hydroxylation is 1. The number of halogens is 2. The smallest absolute Gasteiger partial charge is 0.256 e. The van der Waals surface area contributed by atoms with Crippen LogP contribution in [-0.4, -0.2) is 71.7 Å². The Morgan fingerprint density at radius 3 is 2.72 bits per heavy atom. The second-order valence-electron chi connectivity index (χ2n) is 7.59. The summed E-state index contributed by atoms with van der Waals surface area (Å²) in [5.41, 5.74) is -0.490. The molecule has 1 aromatic heterocycles. The standard InChI is InChI=1S/C19H20ClFN4O4/c1-11-22-17(29-23-11)14-6-24(16(26)7-28-2)8-19(14)9-25(10-19)18(27)13-5-12(20)3-4-15(13)21/h3-5,14H,6-10H2,1-2H3. The van der Waals surface area contributed by atoms with E-state index in [1.807, 2.05) is 0 Å². The van der Waals surface area contributed by atoms with Gasteiger partial charge in [-0.05, 0) is 25.1 Å². The Morgan fingerprint density at radius 1 is 1.34 bits per heavy atom. The monoisotopic (exact) mass is 422 g/mol. The summed E-state index contributed by atoms with van der Waals surface area (Å²) in [4.78, 5) is 32.7. The fourth-order valence-electron chi connectivity index (χ4n) is 4.18. The third-order valence-corrected chi connectivity index (χ3v) is 5.80. The zero-order valence-corrected chi connectivity index (χ0v) is 16.8. The second-order valence-corrected chi connectivity index (χ2v) is 8.02. The molecule has 0 aliphatic carbocycles. The fourth-order valence-corrected chi connectivity index (χ4v) is 4.35. The summed E-state index contributed by atoms with van der Waals surface area (Å²) in [7, 11) is 1.46. The van der Waals surface area contributed by atoms with Crippen molar-refractivity contribution < 1.29 is 23.2 Å². The Labute approximate surface area is 171 Å². The molecule has 2 saturated heterocycles. The lowest BCUT2D eigenvalue weighted by molar-refractivity contribution is -0.134. The molecule has 0 saturated carbocycles. The Balaban J connectivity index is 1.56. The minimum Gasteiger partial charge on any atom is -0.375 e. The predicted molar refractivity (Wildman–Crippen MR) is 100.0 cm³/mol. The van der Waals surface area contributed by atoms with Crippen molar-refractivity contribution in [3.8, 4) is 0 Å². The van der Waals surface area contributed by atoms with Gasteiger partial charge in [-0.1, -0.05) is 16.8 Å². The van der Waals surface area contributed by atoms with E-state index in [2.05, 4.69) is 10.1 Å². The van der Waals surface area contributed by atoms with Crippen molar-refractivity contribution >= 4 is 23.4 Å². The van der Waals surface area contributed by atoms with E-state index in [0.717, 1.165) is 0 Å². The van der Waals surface area contributed by atoms with E-state index in [1.54, 1.807) is 16.7 Å². The molecule has 1 spiro atoms. The van der Waals surface area contributed by atoms with Crippen molar-refractivity contribution in [2.75, 3.05) is 39.9 Å². The Bertz CT molecular complexity index is 959. The lowest BCUT2D eigenvalue weighted by Crippen LogP contribution is -2.61. The molecule has 2 aliphatic heterocycles. The number of hydrogen-bond acceptors (Lipinski definition) is 6. The Hall–Kier alpha value is -2.52. The van der Waals surface area contributed by atoms with Crippen LogP contribution in [0.1, 0.15) is 28.0 Å². The van der Waals surface area contributed by atoms with Crippen LogP contribution in [0.4, 0.5) is 4.39 Å². The van der Waals surface area contributed by atoms with Crippen LogP contribution in [0.15, 0.2) is 22.7 Å². The first kappa shape index (κ1) is 19.8. The molecule has 154 valence electrons. The minimum absolute atomic E-state index is 0.0258. The van der Waals surface area contributed by atoms with Crippen LogP contribution >= 0.6 is 11.6 Å². The highest BCUT2D eigenvalue weighted by Gasteiger charge is 2.58. The number of likely N-dealkylation sites (tertiary alicyclic amines) is 2. The van der Waals surface area contributed by atoms with E-state index in [9.17, 15) is 14.0 Å². The molecule has 2 fully saturated rings. The minimum atomic E-state index is -0.618. The molecular formula is C19H20ClFN4O4. The largest absolute Gasteiger partial charge is 0.375 e. The molecule has 0 N–H and O–H groups in total. The van der Waals surface area contributed by atoms with E-state index in [-0.39, 0.29) is 24.0 Å². The average Bonchev–Trinajstić information content (AvgIpc) is 3.26. The average molecular weight is 423 g/mol. The third-order valence-electron chi connectivity index (χ3n) is 5.57. The summed E-state index contributed by atoms with van der Waals surface area (Å²) in [5, 5.41) is 4.15. The number of nitrogens with zero attached hydrogens (tertiary/aromatic N) is 4. The summed E-state index contributed by atoms with van der Waals surface area (Å²) >= 11 is 5.92. The van der Waals surface area contributed by atoms with E-state index in [4.69, 9.17) is 20.9 Å². The molecule has 29 heavy (non-hydrogen) atoms. The molecule has 3 heterocycles. The molecule has 1 aromatic carbocycles. The number of amides is 2. The Morgan fingerprint density at radius 2 is 2.07 bits per heavy atom. The number of carbonyl (C=O) groups is 2. The first-order chi connectivity index (χ1) is 13.8. The first-order valence-corrected chi connectivity index (χ1v) is 9.52. The highest BCUT2D eigenvalue weighted by molar-refractivity contribution is 6.31. The van der Waals surface area contributed by atoms with Gasteiger partial charge in [0.15, 0.2) is 5.82 Å². The van der Waals surface area contributed by atoms with E-state index >= 15 is 0 Å². The van der Waals surface area contributed by atoms with Crippen LogP contribution < -0.4 is 0 Å². The summed E-state index contributed by atoms with van der Waals surface area (Å²) in [6, 6.07) is 3.90. The van der Waals surface area contributed by atoms with Gasteiger partial charge in [0.05, 0.1) is 11.5 Å². The number of carbonyl (C=O) groups excluding carboxylic acids is 2. The molecular weight excluding hydrogens is 403 g/mol. The zero-order valence-electron chi connectivity index (χ0n) is 16.0. The van der Waals surface area contributed by atoms with Gasteiger partial charge in [0.1, 0.15) is 12.4 Å². The molecule has 2 aromatic rings. The molecule has 1 atom stereocenters. The Kier molecular flexibility index (Phi) is 5.04. The van der Waals surface area contributed by atoms with Gasteiger partial charge in [0, 0.05) is 43.7 Å². The van der Waals surface area contributed by atoms with E-state index < -0.39 is 17.1 Å². The number of ether oxygens (including phenoxy) is 1. The summed E-state index contributed by atoms with van der Waals surface area (Å²) < 4.78 is 24.4. The maximum Gasteiger partial charge on any atom is 0.256 e. The number of benzene rings is 1. The van der Waals surface area contributed by atoms with Gasteiger partial charge in [-0.2, -0.15) is 4.98 Å². The SMILES string of the molecule is COCC(=O)N1CC(c2nc(C)no2)C2(C1)CN(C(=O)c1cc(Cl)ccc1F)C2. The van der Waals surface area contributed by atoms with Crippen LogP contribution in [0.5, 0.6) is 0 Å². The predicted octanol–water partition coefficient (Wildman–Crippen LogP) is 1.89. The molecule has 10 heteroatoms. The van der Waals surface area contributed by atoms with E-state index in [0.29, 0.717) is 42.9 Å². The van der Waals surface area contributed by atoms with Crippen LogP contribution in [0.2, 0.25) is 5.02 Å². The third kappa shape index (κ3) is 3.49. The number of hydrogen-bond donors (Lipinski definition) is 0. The number of rotatable bonds is 4. The topological polar surface area (TPSA) is 88.8 Å². The van der Waals surface area contributed by atoms with Crippen molar-refractivity contribution in [1.82, 2.24) is 19.9 Å². The fraction of sp³-hybridized carbons (Fsp3) is 0.474. The maximum absolute atomic E-state index is 14.1. The first-order valence-electron chi connectivity index (χ1n) is 9.14. The second kappa shape index (κ2) is 7.38. The molecule has 0 radical (unpaired) electrons. The van der Waals surface area contributed by atoms with Gasteiger partial charge in [0.2, 0.25) is 11.8 Å². The lowest BCUT2D eigenvalue weighted by atomic mass is 9.71. The molecule has 1 unspecified atom stereocenters. The van der Waals surface area contributed by atoms with Crippen molar-refractivity contribution in [1.29, 1.82) is 0 Å². The van der Waals surface area contributed by atoms with Crippen LogP contribution in [0, 0.1) is 18.2 Å². The molecule has 2 aliphatic rings. The van der Waals surface area contributed by atoms with Crippen molar-refractivity contribution in [3.05, 3.63) is 46.3 Å². The van der Waals surface area contributed by atoms with Crippen molar-refractivity contribution in [2.24, 2.45) is 5.41 Å². The van der Waals surface area contributed by atoms with Crippen LogP contribution in [-0.2, 0) is 9.53 Å². The van der Waals surface area contributed by atoms with Gasteiger partial charge in [0.25, 0.3) is 5.91 Å². The number of aromatic nitrogens is 2. The lowest BCUT2D eigenvalue weighted by Gasteiger charge is -2.50. The van der Waals surface area contributed by atoms with Gasteiger partial charge < -0.3 is 19.1 Å². The molecule has 2 amide bonds. The molecule has 8 nitrogen and oxygen atoms in total. The molecule has 4 rings (SSSR count). The van der Waals surface area contributed by atoms with E-state index in [1.165, 1.54) is 25.3 Å². The van der Waals surface area contributed by atoms with Crippen molar-refractivity contribution in [3.63, 3.8) is 0 Å². The normalized spacial score (nSPS) is 20.2. The van der Waals surface area contributed by atoms with Gasteiger partial charge in [-0.15, -0.1) is 0 Å². The summed E-state index contributed by atoms with van der Waals surface area (Å²) in [6.07, 6.45) is 0. The summed E-state index contributed by atoms with van der Waals surface area (Å²) in [5.74, 6) is -0.458. The highest BCUT2D eigenvalue weighted by atomic mass is 35.5. The molecule has 0 bridgehead atoms. The maximum atomic E-state index is 14.1. The van der Waals surface area contributed by atoms with Gasteiger partial charge >= 0.3 is 0 Å². The van der Waals surface area contributed by atoms with Gasteiger partial charge in [-0.25, -0.2) is 4.39 Å². The quantitative estimate of drug-likeness (QED) is 0.747. The van der Waals surface area contributed by atoms with Crippen molar-refractivity contribution in [2.45, 2.75) is 12.8 Å². The van der Waals surface area contributed by atoms with Gasteiger partial charge in [-0.3, -0.25) is 9.59 Å². The van der Waals surface area contributed by atoms with Crippen LogP contribution in [0.3, 0.4) is 0 Å².